The SMILES string of the molecule is CCN(CC1CC1)S(=O)(=O)c1cc(CO)cc(F)c1C. The van der Waals surface area contributed by atoms with Gasteiger partial charge in [-0.05, 0) is 43.4 Å². The highest BCUT2D eigenvalue weighted by Crippen LogP contribution is 2.32. The minimum Gasteiger partial charge on any atom is -0.392 e. The van der Waals surface area contributed by atoms with Crippen LogP contribution in [-0.2, 0) is 16.6 Å². The number of benzene rings is 1. The third-order valence-corrected chi connectivity index (χ3v) is 5.74. The van der Waals surface area contributed by atoms with Crippen molar-refractivity contribution in [2.45, 2.75) is 38.2 Å². The molecule has 1 saturated carbocycles. The van der Waals surface area contributed by atoms with Crippen molar-refractivity contribution in [3.05, 3.63) is 29.1 Å². The fraction of sp³-hybridized carbons (Fsp3) is 0.571. The lowest BCUT2D eigenvalue weighted by atomic mass is 10.1. The van der Waals surface area contributed by atoms with Gasteiger partial charge in [-0.2, -0.15) is 4.31 Å². The normalized spacial score (nSPS) is 15.8. The van der Waals surface area contributed by atoms with E-state index in [0.717, 1.165) is 12.8 Å². The molecule has 2 rings (SSSR count). The molecule has 0 bridgehead atoms. The summed E-state index contributed by atoms with van der Waals surface area (Å²) < 4.78 is 40.5. The smallest absolute Gasteiger partial charge is 0.243 e. The van der Waals surface area contributed by atoms with Crippen LogP contribution in [0.4, 0.5) is 4.39 Å². The number of aliphatic hydroxyl groups is 1. The molecule has 1 aromatic rings. The van der Waals surface area contributed by atoms with Crippen LogP contribution in [0, 0.1) is 18.7 Å². The van der Waals surface area contributed by atoms with Crippen molar-refractivity contribution in [1.29, 1.82) is 0 Å². The molecule has 1 N–H and O–H groups in total. The summed E-state index contributed by atoms with van der Waals surface area (Å²) in [6, 6.07) is 2.54. The predicted molar refractivity (Wildman–Crippen MR) is 74.2 cm³/mol. The van der Waals surface area contributed by atoms with Crippen LogP contribution >= 0.6 is 0 Å². The van der Waals surface area contributed by atoms with E-state index >= 15 is 0 Å². The highest BCUT2D eigenvalue weighted by atomic mass is 32.2. The first-order chi connectivity index (χ1) is 9.40. The Morgan fingerprint density at radius 1 is 1.40 bits per heavy atom. The van der Waals surface area contributed by atoms with Crippen molar-refractivity contribution in [1.82, 2.24) is 4.31 Å². The largest absolute Gasteiger partial charge is 0.392 e. The molecule has 4 nitrogen and oxygen atoms in total. The van der Waals surface area contributed by atoms with Crippen LogP contribution in [0.3, 0.4) is 0 Å². The number of hydrogen-bond acceptors (Lipinski definition) is 3. The molecule has 0 amide bonds. The Labute approximate surface area is 119 Å². The van der Waals surface area contributed by atoms with Gasteiger partial charge in [0.2, 0.25) is 10.0 Å². The molecule has 0 aliphatic heterocycles. The quantitative estimate of drug-likeness (QED) is 0.875. The summed E-state index contributed by atoms with van der Waals surface area (Å²) >= 11 is 0. The Morgan fingerprint density at radius 3 is 2.55 bits per heavy atom. The highest BCUT2D eigenvalue weighted by Gasteiger charge is 2.32. The van der Waals surface area contributed by atoms with E-state index in [1.165, 1.54) is 23.4 Å². The summed E-state index contributed by atoms with van der Waals surface area (Å²) in [5, 5.41) is 9.12. The molecule has 0 radical (unpaired) electrons. The van der Waals surface area contributed by atoms with Gasteiger partial charge in [-0.25, -0.2) is 12.8 Å². The van der Waals surface area contributed by atoms with E-state index in [4.69, 9.17) is 5.11 Å². The van der Waals surface area contributed by atoms with Gasteiger partial charge >= 0.3 is 0 Å². The molecule has 20 heavy (non-hydrogen) atoms. The van der Waals surface area contributed by atoms with Gasteiger partial charge in [0.05, 0.1) is 11.5 Å². The first kappa shape index (κ1) is 15.4. The molecule has 0 saturated heterocycles. The van der Waals surface area contributed by atoms with Gasteiger partial charge < -0.3 is 5.11 Å². The fourth-order valence-electron chi connectivity index (χ4n) is 2.19. The molecule has 1 aromatic carbocycles. The first-order valence-corrected chi connectivity index (χ1v) is 8.24. The van der Waals surface area contributed by atoms with Crippen molar-refractivity contribution in [3.8, 4) is 0 Å². The van der Waals surface area contributed by atoms with E-state index in [1.54, 1.807) is 6.92 Å². The lowest BCUT2D eigenvalue weighted by Crippen LogP contribution is -2.33. The number of aliphatic hydroxyl groups excluding tert-OH is 1. The average Bonchev–Trinajstić information content (AvgIpc) is 3.22. The van der Waals surface area contributed by atoms with Gasteiger partial charge in [-0.15, -0.1) is 0 Å². The van der Waals surface area contributed by atoms with E-state index in [-0.39, 0.29) is 22.6 Å². The molecule has 6 heteroatoms. The molecule has 0 heterocycles. The monoisotopic (exact) mass is 301 g/mol. The highest BCUT2D eigenvalue weighted by molar-refractivity contribution is 7.89. The van der Waals surface area contributed by atoms with Crippen LogP contribution in [0.15, 0.2) is 17.0 Å². The molecule has 0 unspecified atom stereocenters. The predicted octanol–water partition coefficient (Wildman–Crippen LogP) is 2.05. The van der Waals surface area contributed by atoms with Crippen LogP contribution < -0.4 is 0 Å². The number of sulfonamides is 1. The Hall–Kier alpha value is -0.980. The molecule has 112 valence electrons. The minimum atomic E-state index is -3.71. The summed E-state index contributed by atoms with van der Waals surface area (Å²) in [6.07, 6.45) is 2.10. The lowest BCUT2D eigenvalue weighted by molar-refractivity contribution is 0.280. The second kappa shape index (κ2) is 5.79. The van der Waals surface area contributed by atoms with Crippen molar-refractivity contribution >= 4 is 10.0 Å². The van der Waals surface area contributed by atoms with Gasteiger partial charge in [0, 0.05) is 18.7 Å². The van der Waals surface area contributed by atoms with Crippen LogP contribution in [0.5, 0.6) is 0 Å². The summed E-state index contributed by atoms with van der Waals surface area (Å²) in [5.74, 6) is -0.173. The fourth-order valence-corrected chi connectivity index (χ4v) is 4.00. The molecule has 0 atom stereocenters. The molecule has 0 aromatic heterocycles. The molecule has 1 aliphatic rings. The Morgan fingerprint density at radius 2 is 2.05 bits per heavy atom. The van der Waals surface area contributed by atoms with Crippen molar-refractivity contribution < 1.29 is 17.9 Å². The lowest BCUT2D eigenvalue weighted by Gasteiger charge is -2.22. The standard InChI is InChI=1S/C14H20FNO3S/c1-3-16(8-11-4-5-11)20(18,19)14-7-12(9-17)6-13(15)10(14)2/h6-7,11,17H,3-5,8-9H2,1-2H3. The van der Waals surface area contributed by atoms with E-state index in [2.05, 4.69) is 0 Å². The second-order valence-electron chi connectivity index (χ2n) is 5.26. The van der Waals surface area contributed by atoms with Crippen LogP contribution in [0.1, 0.15) is 30.9 Å². The Bertz CT molecular complexity index is 597. The van der Waals surface area contributed by atoms with Gasteiger partial charge in [-0.1, -0.05) is 6.92 Å². The van der Waals surface area contributed by atoms with Crippen LogP contribution in [0.25, 0.3) is 0 Å². The van der Waals surface area contributed by atoms with E-state index in [1.807, 2.05) is 0 Å². The van der Waals surface area contributed by atoms with Gasteiger partial charge in [0.25, 0.3) is 0 Å². The van der Waals surface area contributed by atoms with E-state index in [9.17, 15) is 12.8 Å². The maximum atomic E-state index is 13.8. The molecular formula is C14H20FNO3S. The maximum Gasteiger partial charge on any atom is 0.243 e. The van der Waals surface area contributed by atoms with Gasteiger partial charge in [-0.3, -0.25) is 0 Å². The summed E-state index contributed by atoms with van der Waals surface area (Å²) in [5.41, 5.74) is 0.380. The second-order valence-corrected chi connectivity index (χ2v) is 7.16. The van der Waals surface area contributed by atoms with Crippen LogP contribution in [0.2, 0.25) is 0 Å². The average molecular weight is 301 g/mol. The van der Waals surface area contributed by atoms with E-state index < -0.39 is 15.8 Å². The number of halogens is 1. The number of nitrogens with zero attached hydrogens (tertiary/aromatic N) is 1. The van der Waals surface area contributed by atoms with Crippen molar-refractivity contribution in [3.63, 3.8) is 0 Å². The van der Waals surface area contributed by atoms with Crippen molar-refractivity contribution in [2.75, 3.05) is 13.1 Å². The number of rotatable bonds is 6. The molecular weight excluding hydrogens is 281 g/mol. The topological polar surface area (TPSA) is 57.6 Å². The van der Waals surface area contributed by atoms with Crippen LogP contribution in [-0.4, -0.2) is 30.9 Å². The maximum absolute atomic E-state index is 13.8. The summed E-state index contributed by atoms with van der Waals surface area (Å²) in [7, 11) is -3.71. The Balaban J connectivity index is 2.43. The molecule has 0 spiro atoms. The van der Waals surface area contributed by atoms with Gasteiger partial charge in [0.1, 0.15) is 5.82 Å². The van der Waals surface area contributed by atoms with E-state index in [0.29, 0.717) is 19.0 Å². The Kier molecular flexibility index (Phi) is 4.46. The minimum absolute atomic E-state index is 0.0379. The number of hydrogen-bond donors (Lipinski definition) is 1. The van der Waals surface area contributed by atoms with Gasteiger partial charge in [0.15, 0.2) is 0 Å². The zero-order valence-electron chi connectivity index (χ0n) is 11.8. The first-order valence-electron chi connectivity index (χ1n) is 6.80. The van der Waals surface area contributed by atoms with Crippen molar-refractivity contribution in [2.24, 2.45) is 5.92 Å². The molecule has 1 aliphatic carbocycles. The zero-order valence-corrected chi connectivity index (χ0v) is 12.6. The third-order valence-electron chi connectivity index (χ3n) is 3.67. The zero-order chi connectivity index (χ0) is 14.9. The molecule has 1 fully saturated rings. The third kappa shape index (κ3) is 3.02. The summed E-state index contributed by atoms with van der Waals surface area (Å²) in [4.78, 5) is -0.0379. The summed E-state index contributed by atoms with van der Waals surface area (Å²) in [6.45, 7) is 3.71.